The SMILES string of the molecule is Cc1ccc(C)c(/C=C2\C(=O)Nc3cc(Cl)ccc32)c1. The second-order valence-electron chi connectivity index (χ2n) is 5.06. The van der Waals surface area contributed by atoms with Gasteiger partial charge >= 0.3 is 0 Å². The first kappa shape index (κ1) is 12.9. The molecule has 0 aromatic heterocycles. The van der Waals surface area contributed by atoms with Crippen LogP contribution in [0.3, 0.4) is 0 Å². The van der Waals surface area contributed by atoms with Gasteiger partial charge in [0.2, 0.25) is 0 Å². The van der Waals surface area contributed by atoms with Gasteiger partial charge in [-0.2, -0.15) is 0 Å². The Balaban J connectivity index is 2.13. The molecule has 1 aliphatic heterocycles. The van der Waals surface area contributed by atoms with Crippen LogP contribution in [0.1, 0.15) is 22.3 Å². The molecule has 0 unspecified atom stereocenters. The second kappa shape index (κ2) is 4.80. The molecule has 2 nitrogen and oxygen atoms in total. The van der Waals surface area contributed by atoms with Crippen molar-refractivity contribution in [1.29, 1.82) is 0 Å². The Morgan fingerprint density at radius 3 is 2.70 bits per heavy atom. The Labute approximate surface area is 123 Å². The number of hydrogen-bond acceptors (Lipinski definition) is 1. The van der Waals surface area contributed by atoms with E-state index in [4.69, 9.17) is 11.6 Å². The van der Waals surface area contributed by atoms with Gasteiger partial charge in [0.05, 0.1) is 5.69 Å². The number of rotatable bonds is 1. The van der Waals surface area contributed by atoms with Crippen molar-refractivity contribution in [3.05, 3.63) is 63.7 Å². The van der Waals surface area contributed by atoms with Crippen LogP contribution in [-0.2, 0) is 4.79 Å². The molecule has 0 bridgehead atoms. The third-order valence-electron chi connectivity index (χ3n) is 3.50. The van der Waals surface area contributed by atoms with E-state index in [2.05, 4.69) is 23.5 Å². The summed E-state index contributed by atoms with van der Waals surface area (Å²) in [5.74, 6) is -0.0804. The number of benzene rings is 2. The molecule has 2 aromatic rings. The van der Waals surface area contributed by atoms with E-state index in [1.165, 1.54) is 5.56 Å². The number of carbonyl (C=O) groups is 1. The number of aryl methyl sites for hydroxylation is 2. The van der Waals surface area contributed by atoms with E-state index in [9.17, 15) is 4.79 Å². The molecule has 1 heterocycles. The molecule has 0 aliphatic carbocycles. The number of carbonyl (C=O) groups excluding carboxylic acids is 1. The third kappa shape index (κ3) is 2.23. The maximum absolute atomic E-state index is 12.1. The van der Waals surface area contributed by atoms with Crippen molar-refractivity contribution in [2.75, 3.05) is 5.32 Å². The standard InChI is InChI=1S/C17H14ClNO/c1-10-3-4-11(2)12(7-10)8-15-14-6-5-13(18)9-16(14)19-17(15)20/h3-9H,1-2H3,(H,19,20)/b15-8-. The van der Waals surface area contributed by atoms with Crippen molar-refractivity contribution in [2.45, 2.75) is 13.8 Å². The van der Waals surface area contributed by atoms with Crippen LogP contribution in [0.25, 0.3) is 11.6 Å². The predicted octanol–water partition coefficient (Wildman–Crippen LogP) is 4.45. The summed E-state index contributed by atoms with van der Waals surface area (Å²) in [4.78, 5) is 12.1. The van der Waals surface area contributed by atoms with Crippen molar-refractivity contribution in [3.63, 3.8) is 0 Å². The summed E-state index contributed by atoms with van der Waals surface area (Å²) >= 11 is 5.95. The monoisotopic (exact) mass is 283 g/mol. The fourth-order valence-electron chi connectivity index (χ4n) is 2.38. The number of nitrogens with one attached hydrogen (secondary N) is 1. The first-order valence-electron chi connectivity index (χ1n) is 6.45. The van der Waals surface area contributed by atoms with Gasteiger partial charge in [-0.1, -0.05) is 41.4 Å². The van der Waals surface area contributed by atoms with Gasteiger partial charge in [0.1, 0.15) is 0 Å². The zero-order chi connectivity index (χ0) is 14.3. The Morgan fingerprint density at radius 1 is 1.10 bits per heavy atom. The molecule has 0 fully saturated rings. The van der Waals surface area contributed by atoms with E-state index in [0.717, 1.165) is 22.4 Å². The minimum Gasteiger partial charge on any atom is -0.321 e. The molecule has 0 atom stereocenters. The molecular formula is C17H14ClNO. The molecule has 0 spiro atoms. The topological polar surface area (TPSA) is 29.1 Å². The van der Waals surface area contributed by atoms with Crippen LogP contribution in [0.15, 0.2) is 36.4 Å². The van der Waals surface area contributed by atoms with E-state index >= 15 is 0 Å². The summed E-state index contributed by atoms with van der Waals surface area (Å²) < 4.78 is 0. The van der Waals surface area contributed by atoms with Crippen LogP contribution in [0.4, 0.5) is 5.69 Å². The first-order valence-corrected chi connectivity index (χ1v) is 6.82. The Kier molecular flexibility index (Phi) is 3.11. The largest absolute Gasteiger partial charge is 0.321 e. The van der Waals surface area contributed by atoms with Crippen LogP contribution >= 0.6 is 11.6 Å². The van der Waals surface area contributed by atoms with Gasteiger partial charge in [-0.05, 0) is 43.2 Å². The van der Waals surface area contributed by atoms with Crippen LogP contribution in [0, 0.1) is 13.8 Å². The maximum atomic E-state index is 12.1. The molecule has 20 heavy (non-hydrogen) atoms. The van der Waals surface area contributed by atoms with Crippen molar-refractivity contribution >= 4 is 34.8 Å². The second-order valence-corrected chi connectivity index (χ2v) is 5.50. The molecule has 1 N–H and O–H groups in total. The number of hydrogen-bond donors (Lipinski definition) is 1. The summed E-state index contributed by atoms with van der Waals surface area (Å²) in [5, 5.41) is 3.47. The van der Waals surface area contributed by atoms with E-state index in [-0.39, 0.29) is 5.91 Å². The summed E-state index contributed by atoms with van der Waals surface area (Å²) in [5.41, 5.74) is 5.76. The van der Waals surface area contributed by atoms with Gasteiger partial charge in [-0.15, -0.1) is 0 Å². The van der Waals surface area contributed by atoms with Crippen LogP contribution in [0.5, 0.6) is 0 Å². The highest BCUT2D eigenvalue weighted by Crippen LogP contribution is 2.35. The van der Waals surface area contributed by atoms with Gasteiger partial charge in [0.25, 0.3) is 5.91 Å². The van der Waals surface area contributed by atoms with Gasteiger partial charge in [-0.3, -0.25) is 4.79 Å². The van der Waals surface area contributed by atoms with Gasteiger partial charge in [-0.25, -0.2) is 0 Å². The molecule has 0 saturated heterocycles. The molecule has 3 rings (SSSR count). The molecule has 0 radical (unpaired) electrons. The predicted molar refractivity (Wildman–Crippen MR) is 83.9 cm³/mol. The molecular weight excluding hydrogens is 270 g/mol. The van der Waals surface area contributed by atoms with E-state index in [0.29, 0.717) is 10.6 Å². The summed E-state index contributed by atoms with van der Waals surface area (Å²) in [7, 11) is 0. The van der Waals surface area contributed by atoms with Crippen molar-refractivity contribution < 1.29 is 4.79 Å². The van der Waals surface area contributed by atoms with E-state index in [1.807, 2.05) is 26.0 Å². The highest BCUT2D eigenvalue weighted by Gasteiger charge is 2.24. The van der Waals surface area contributed by atoms with Crippen LogP contribution < -0.4 is 5.32 Å². The fourth-order valence-corrected chi connectivity index (χ4v) is 2.55. The van der Waals surface area contributed by atoms with Crippen LogP contribution in [-0.4, -0.2) is 5.91 Å². The quantitative estimate of drug-likeness (QED) is 0.770. The molecule has 100 valence electrons. The lowest BCUT2D eigenvalue weighted by atomic mass is 10.00. The molecule has 1 amide bonds. The van der Waals surface area contributed by atoms with E-state index < -0.39 is 0 Å². The molecule has 3 heteroatoms. The Morgan fingerprint density at radius 2 is 1.90 bits per heavy atom. The van der Waals surface area contributed by atoms with Crippen LogP contribution in [0.2, 0.25) is 5.02 Å². The highest BCUT2D eigenvalue weighted by molar-refractivity contribution is 6.36. The lowest BCUT2D eigenvalue weighted by molar-refractivity contribution is -0.110. The Bertz CT molecular complexity index is 747. The lowest BCUT2D eigenvalue weighted by Gasteiger charge is -2.04. The number of fused-ring (bicyclic) bond motifs is 1. The normalized spacial score (nSPS) is 15.3. The summed E-state index contributed by atoms with van der Waals surface area (Å²) in [6, 6.07) is 11.7. The summed E-state index contributed by atoms with van der Waals surface area (Å²) in [6.07, 6.45) is 1.94. The van der Waals surface area contributed by atoms with Crippen molar-refractivity contribution in [2.24, 2.45) is 0 Å². The number of amides is 1. The minimum absolute atomic E-state index is 0.0804. The average molecular weight is 284 g/mol. The van der Waals surface area contributed by atoms with Gasteiger partial charge in [0.15, 0.2) is 0 Å². The lowest BCUT2D eigenvalue weighted by Crippen LogP contribution is -2.03. The average Bonchev–Trinajstić information content (AvgIpc) is 2.69. The highest BCUT2D eigenvalue weighted by atomic mass is 35.5. The van der Waals surface area contributed by atoms with E-state index in [1.54, 1.807) is 12.1 Å². The minimum atomic E-state index is -0.0804. The van der Waals surface area contributed by atoms with Gasteiger partial charge in [0, 0.05) is 16.2 Å². The molecule has 0 saturated carbocycles. The zero-order valence-corrected chi connectivity index (χ0v) is 12.1. The Hall–Kier alpha value is -2.06. The number of halogens is 1. The molecule has 1 aliphatic rings. The maximum Gasteiger partial charge on any atom is 0.256 e. The smallest absolute Gasteiger partial charge is 0.256 e. The summed E-state index contributed by atoms with van der Waals surface area (Å²) in [6.45, 7) is 4.09. The fraction of sp³-hybridized carbons (Fsp3) is 0.118. The first-order chi connectivity index (χ1) is 9.54. The zero-order valence-electron chi connectivity index (χ0n) is 11.3. The van der Waals surface area contributed by atoms with Gasteiger partial charge < -0.3 is 5.32 Å². The number of anilines is 1. The third-order valence-corrected chi connectivity index (χ3v) is 3.73. The van der Waals surface area contributed by atoms with Crippen molar-refractivity contribution in [3.8, 4) is 0 Å². The van der Waals surface area contributed by atoms with Crippen molar-refractivity contribution in [1.82, 2.24) is 0 Å². The molecule has 2 aromatic carbocycles.